The lowest BCUT2D eigenvalue weighted by atomic mass is 10.0. The minimum Gasteiger partial charge on any atom is -0.457 e. The third kappa shape index (κ3) is 4.83. The molecule has 1 saturated heterocycles. The van der Waals surface area contributed by atoms with E-state index < -0.39 is 24.7 Å². The van der Waals surface area contributed by atoms with Gasteiger partial charge in [-0.3, -0.25) is 4.79 Å². The molecule has 1 heterocycles. The van der Waals surface area contributed by atoms with Crippen LogP contribution in [-0.4, -0.2) is 42.9 Å². The maximum absolute atomic E-state index is 12.7. The van der Waals surface area contributed by atoms with Gasteiger partial charge in [0, 0.05) is 30.1 Å². The number of fused-ring (bicyclic) bond motifs is 1. The molecule has 1 aliphatic rings. The number of nitrogens with zero attached hydrogens (tertiary/aromatic N) is 1. The normalized spacial score (nSPS) is 14.6. The second kappa shape index (κ2) is 8.74. The van der Waals surface area contributed by atoms with Crippen molar-refractivity contribution in [3.8, 4) is 11.5 Å². The molecule has 1 fully saturated rings. The summed E-state index contributed by atoms with van der Waals surface area (Å²) in [4.78, 5) is 14.2. The highest BCUT2D eigenvalue weighted by atomic mass is 19.4. The average molecular weight is 450 g/mol. The highest BCUT2D eigenvalue weighted by Crippen LogP contribution is 2.34. The van der Waals surface area contributed by atoms with E-state index in [9.17, 15) is 26.7 Å². The average Bonchev–Trinajstić information content (AvgIpc) is 2.72. The van der Waals surface area contributed by atoms with Crippen molar-refractivity contribution in [1.29, 1.82) is 0 Å². The Labute approximate surface area is 180 Å². The molecule has 9 heteroatoms. The third-order valence-electron chi connectivity index (χ3n) is 5.23. The number of ether oxygens (including phenoxy) is 1. The Bertz CT molecular complexity index is 1110. The first kappa shape index (κ1) is 22.0. The lowest BCUT2D eigenvalue weighted by molar-refractivity contribution is -0.137. The second-order valence-electron chi connectivity index (χ2n) is 7.52. The van der Waals surface area contributed by atoms with E-state index >= 15 is 0 Å². The molecule has 0 unspecified atom stereocenters. The Morgan fingerprint density at radius 3 is 2.44 bits per heavy atom. The van der Waals surface area contributed by atoms with Crippen molar-refractivity contribution < 1.29 is 31.5 Å². The first-order valence-corrected chi connectivity index (χ1v) is 9.89. The van der Waals surface area contributed by atoms with Gasteiger partial charge in [-0.1, -0.05) is 12.1 Å². The van der Waals surface area contributed by atoms with Crippen LogP contribution < -0.4 is 10.1 Å². The molecule has 1 aliphatic heterocycles. The molecule has 1 amide bonds. The molecular formula is C23H19F5N2O2. The molecule has 0 atom stereocenters. The number of benzene rings is 3. The van der Waals surface area contributed by atoms with Crippen LogP contribution >= 0.6 is 0 Å². The summed E-state index contributed by atoms with van der Waals surface area (Å²) in [6.45, 7) is 0.325. The molecule has 0 aromatic heterocycles. The summed E-state index contributed by atoms with van der Waals surface area (Å²) >= 11 is 0. The fourth-order valence-corrected chi connectivity index (χ4v) is 3.53. The highest BCUT2D eigenvalue weighted by molar-refractivity contribution is 6.00. The number of hydrogen-bond donors (Lipinski definition) is 1. The summed E-state index contributed by atoms with van der Waals surface area (Å²) in [5.74, 6) is 0.506. The summed E-state index contributed by atoms with van der Waals surface area (Å²) in [6.07, 6.45) is -6.85. The SMILES string of the molecule is O=C(c1ccc2c(Oc3ccc(C(F)(F)F)cc3)cccc2c1)N1CC(NCC(F)F)C1. The zero-order chi connectivity index (χ0) is 22.9. The maximum atomic E-state index is 12.7. The predicted molar refractivity (Wildman–Crippen MR) is 109 cm³/mol. The molecular weight excluding hydrogens is 431 g/mol. The second-order valence-corrected chi connectivity index (χ2v) is 7.52. The monoisotopic (exact) mass is 450 g/mol. The Balaban J connectivity index is 1.46. The zero-order valence-corrected chi connectivity index (χ0v) is 16.7. The van der Waals surface area contributed by atoms with Crippen molar-refractivity contribution in [3.05, 3.63) is 71.8 Å². The Morgan fingerprint density at radius 2 is 1.78 bits per heavy atom. The molecule has 0 saturated carbocycles. The molecule has 0 radical (unpaired) electrons. The van der Waals surface area contributed by atoms with Gasteiger partial charge >= 0.3 is 6.18 Å². The first-order valence-electron chi connectivity index (χ1n) is 9.89. The summed E-state index contributed by atoms with van der Waals surface area (Å²) < 4.78 is 68.5. The highest BCUT2D eigenvalue weighted by Gasteiger charge is 2.31. The van der Waals surface area contributed by atoms with Crippen LogP contribution in [-0.2, 0) is 6.18 Å². The van der Waals surface area contributed by atoms with Gasteiger partial charge in [0.25, 0.3) is 12.3 Å². The Morgan fingerprint density at radius 1 is 1.06 bits per heavy atom. The number of nitrogens with one attached hydrogen (secondary N) is 1. The van der Waals surface area contributed by atoms with E-state index in [4.69, 9.17) is 4.74 Å². The summed E-state index contributed by atoms with van der Waals surface area (Å²) in [7, 11) is 0. The molecule has 168 valence electrons. The van der Waals surface area contributed by atoms with E-state index in [0.29, 0.717) is 29.8 Å². The van der Waals surface area contributed by atoms with Gasteiger partial charge in [0.15, 0.2) is 0 Å². The van der Waals surface area contributed by atoms with Crippen LogP contribution in [0, 0.1) is 0 Å². The third-order valence-corrected chi connectivity index (χ3v) is 5.23. The minimum absolute atomic E-state index is 0.142. The summed E-state index contributed by atoms with van der Waals surface area (Å²) in [6, 6.07) is 14.5. The van der Waals surface area contributed by atoms with Gasteiger partial charge in [-0.15, -0.1) is 0 Å². The van der Waals surface area contributed by atoms with E-state index in [1.54, 1.807) is 41.3 Å². The van der Waals surface area contributed by atoms with Crippen LogP contribution in [0.15, 0.2) is 60.7 Å². The van der Waals surface area contributed by atoms with Crippen LogP contribution in [0.3, 0.4) is 0 Å². The number of rotatable bonds is 6. The maximum Gasteiger partial charge on any atom is 0.416 e. The van der Waals surface area contributed by atoms with Crippen LogP contribution in [0.25, 0.3) is 10.8 Å². The zero-order valence-electron chi connectivity index (χ0n) is 16.7. The smallest absolute Gasteiger partial charge is 0.416 e. The number of halogens is 5. The number of carbonyl (C=O) groups is 1. The fraction of sp³-hybridized carbons (Fsp3) is 0.261. The topological polar surface area (TPSA) is 41.6 Å². The Hall–Kier alpha value is -3.20. The van der Waals surface area contributed by atoms with E-state index in [2.05, 4.69) is 5.32 Å². The number of carbonyl (C=O) groups excluding carboxylic acids is 1. The Kier molecular flexibility index (Phi) is 6.01. The molecule has 32 heavy (non-hydrogen) atoms. The molecule has 4 nitrogen and oxygen atoms in total. The summed E-state index contributed by atoms with van der Waals surface area (Å²) in [5, 5.41) is 4.13. The van der Waals surface area contributed by atoms with Gasteiger partial charge in [-0.25, -0.2) is 8.78 Å². The fourth-order valence-electron chi connectivity index (χ4n) is 3.53. The van der Waals surface area contributed by atoms with Crippen molar-refractivity contribution >= 4 is 16.7 Å². The van der Waals surface area contributed by atoms with Crippen molar-refractivity contribution in [2.45, 2.75) is 18.6 Å². The molecule has 4 rings (SSSR count). The summed E-state index contributed by atoms with van der Waals surface area (Å²) in [5.41, 5.74) is -0.306. The van der Waals surface area contributed by atoms with E-state index in [1.807, 2.05) is 0 Å². The van der Waals surface area contributed by atoms with Gasteiger partial charge in [-0.2, -0.15) is 13.2 Å². The number of hydrogen-bond acceptors (Lipinski definition) is 3. The number of alkyl halides is 5. The van der Waals surface area contributed by atoms with E-state index in [-0.39, 0.29) is 17.7 Å². The largest absolute Gasteiger partial charge is 0.457 e. The van der Waals surface area contributed by atoms with E-state index in [0.717, 1.165) is 17.5 Å². The molecule has 0 bridgehead atoms. The quantitative estimate of drug-likeness (QED) is 0.517. The molecule has 0 aliphatic carbocycles. The lowest BCUT2D eigenvalue weighted by Gasteiger charge is -2.39. The molecule has 0 spiro atoms. The van der Waals surface area contributed by atoms with Gasteiger partial charge in [0.1, 0.15) is 11.5 Å². The van der Waals surface area contributed by atoms with Gasteiger partial charge in [-0.05, 0) is 53.9 Å². The van der Waals surface area contributed by atoms with Crippen molar-refractivity contribution in [2.24, 2.45) is 0 Å². The van der Waals surface area contributed by atoms with Gasteiger partial charge < -0.3 is 15.0 Å². The van der Waals surface area contributed by atoms with Crippen LogP contribution in [0.2, 0.25) is 0 Å². The standard InChI is InChI=1S/C23H19F5N2O2/c24-21(25)11-29-17-12-30(13-17)22(31)15-4-9-19-14(10-15)2-1-3-20(19)32-18-7-5-16(6-8-18)23(26,27)28/h1-10,17,21,29H,11-13H2. The first-order chi connectivity index (χ1) is 15.2. The minimum atomic E-state index is -4.42. The molecule has 3 aromatic carbocycles. The lowest BCUT2D eigenvalue weighted by Crippen LogP contribution is -2.60. The molecule has 3 aromatic rings. The predicted octanol–water partition coefficient (Wildman–Crippen LogP) is 5.33. The van der Waals surface area contributed by atoms with Crippen molar-refractivity contribution in [1.82, 2.24) is 10.2 Å². The van der Waals surface area contributed by atoms with Crippen LogP contribution in [0.1, 0.15) is 15.9 Å². The van der Waals surface area contributed by atoms with Crippen molar-refractivity contribution in [3.63, 3.8) is 0 Å². The van der Waals surface area contributed by atoms with Crippen LogP contribution in [0.5, 0.6) is 11.5 Å². The van der Waals surface area contributed by atoms with Crippen molar-refractivity contribution in [2.75, 3.05) is 19.6 Å². The number of amides is 1. The van der Waals surface area contributed by atoms with Crippen LogP contribution in [0.4, 0.5) is 22.0 Å². The van der Waals surface area contributed by atoms with E-state index in [1.165, 1.54) is 12.1 Å². The number of likely N-dealkylation sites (tertiary alicyclic amines) is 1. The van der Waals surface area contributed by atoms with Gasteiger partial charge in [0.05, 0.1) is 12.1 Å². The molecule has 1 N–H and O–H groups in total. The van der Waals surface area contributed by atoms with Gasteiger partial charge in [0.2, 0.25) is 0 Å².